The number of nitrogens with zero attached hydrogens (tertiary/aromatic N) is 3. The van der Waals surface area contributed by atoms with Gasteiger partial charge >= 0.3 is 0 Å². The predicted octanol–water partition coefficient (Wildman–Crippen LogP) is 2.26. The zero-order valence-electron chi connectivity index (χ0n) is 12.8. The number of aliphatic hydroxyl groups is 1. The Bertz CT molecular complexity index is 618. The van der Waals surface area contributed by atoms with Crippen LogP contribution in [0, 0.1) is 0 Å². The molecule has 1 fully saturated rings. The van der Waals surface area contributed by atoms with Crippen LogP contribution < -0.4 is 4.90 Å². The minimum atomic E-state index is -0.0101. The Labute approximate surface area is 126 Å². The molecule has 4 nitrogen and oxygen atoms in total. The van der Waals surface area contributed by atoms with Gasteiger partial charge in [0.2, 0.25) is 0 Å². The molecule has 2 heterocycles. The lowest BCUT2D eigenvalue weighted by Gasteiger charge is -2.38. The lowest BCUT2D eigenvalue weighted by atomic mass is 10.1. The average Bonchev–Trinajstić information content (AvgIpc) is 2.53. The maximum atomic E-state index is 9.45. The van der Waals surface area contributed by atoms with Gasteiger partial charge in [0.1, 0.15) is 0 Å². The minimum Gasteiger partial charge on any atom is -0.390 e. The molecule has 1 saturated heterocycles. The van der Waals surface area contributed by atoms with Crippen LogP contribution >= 0.6 is 0 Å². The molecule has 2 aromatic rings. The largest absolute Gasteiger partial charge is 0.390 e. The molecule has 1 N–H and O–H groups in total. The third kappa shape index (κ3) is 2.87. The van der Waals surface area contributed by atoms with Crippen molar-refractivity contribution in [2.45, 2.75) is 26.5 Å². The summed E-state index contributed by atoms with van der Waals surface area (Å²) in [5, 5.41) is 10.6. The van der Waals surface area contributed by atoms with E-state index in [4.69, 9.17) is 0 Å². The summed E-state index contributed by atoms with van der Waals surface area (Å²) in [5.41, 5.74) is 2.91. The Morgan fingerprint density at radius 3 is 2.52 bits per heavy atom. The van der Waals surface area contributed by atoms with Gasteiger partial charge in [-0.2, -0.15) is 0 Å². The molecule has 1 aromatic carbocycles. The number of anilines is 1. The maximum Gasteiger partial charge on any atom is 0.0854 e. The molecule has 0 aliphatic carbocycles. The molecule has 0 amide bonds. The highest BCUT2D eigenvalue weighted by Crippen LogP contribution is 2.28. The number of hydrogen-bond acceptors (Lipinski definition) is 4. The molecular weight excluding hydrogens is 262 g/mol. The smallest absolute Gasteiger partial charge is 0.0854 e. The van der Waals surface area contributed by atoms with Crippen molar-refractivity contribution >= 4 is 16.6 Å². The third-order valence-corrected chi connectivity index (χ3v) is 4.29. The van der Waals surface area contributed by atoms with Crippen molar-refractivity contribution in [1.82, 2.24) is 9.88 Å². The number of pyridine rings is 1. The van der Waals surface area contributed by atoms with E-state index < -0.39 is 0 Å². The van der Waals surface area contributed by atoms with Crippen molar-refractivity contribution in [2.75, 3.05) is 31.1 Å². The normalized spacial score (nSPS) is 16.9. The van der Waals surface area contributed by atoms with E-state index in [0.29, 0.717) is 6.04 Å². The number of aliphatic hydroxyl groups excluding tert-OH is 1. The second-order valence-corrected chi connectivity index (χ2v) is 5.92. The van der Waals surface area contributed by atoms with E-state index >= 15 is 0 Å². The minimum absolute atomic E-state index is 0.0101. The van der Waals surface area contributed by atoms with Gasteiger partial charge in [-0.15, -0.1) is 0 Å². The van der Waals surface area contributed by atoms with Crippen LogP contribution in [0.25, 0.3) is 10.9 Å². The molecule has 4 heteroatoms. The summed E-state index contributed by atoms with van der Waals surface area (Å²) in [6.45, 7) is 8.71. The maximum absolute atomic E-state index is 9.45. The van der Waals surface area contributed by atoms with Crippen LogP contribution in [0.15, 0.2) is 30.3 Å². The first kappa shape index (κ1) is 14.3. The van der Waals surface area contributed by atoms with E-state index in [-0.39, 0.29) is 6.61 Å². The standard InChI is InChI=1S/C17H23N3O/c1-13(2)19-7-9-20(10-8-19)17-11-14(12-21)18-16-6-4-3-5-15(16)17/h3-6,11,13,21H,7-10,12H2,1-2H3. The van der Waals surface area contributed by atoms with Crippen molar-refractivity contribution < 1.29 is 5.11 Å². The molecule has 21 heavy (non-hydrogen) atoms. The third-order valence-electron chi connectivity index (χ3n) is 4.29. The molecule has 1 aliphatic rings. The Balaban J connectivity index is 1.93. The van der Waals surface area contributed by atoms with Gasteiger partial charge in [0.25, 0.3) is 0 Å². The molecule has 0 bridgehead atoms. The molecule has 0 unspecified atom stereocenters. The molecule has 0 spiro atoms. The van der Waals surface area contributed by atoms with Crippen LogP contribution in [0.1, 0.15) is 19.5 Å². The number of rotatable bonds is 3. The zero-order chi connectivity index (χ0) is 14.8. The first-order valence-electron chi connectivity index (χ1n) is 7.67. The van der Waals surface area contributed by atoms with Crippen LogP contribution in [-0.2, 0) is 6.61 Å². The fourth-order valence-corrected chi connectivity index (χ4v) is 3.03. The van der Waals surface area contributed by atoms with Gasteiger partial charge in [-0.1, -0.05) is 18.2 Å². The number of hydrogen-bond donors (Lipinski definition) is 1. The summed E-state index contributed by atoms with van der Waals surface area (Å²) < 4.78 is 0. The van der Waals surface area contributed by atoms with Gasteiger partial charge in [0.15, 0.2) is 0 Å². The monoisotopic (exact) mass is 285 g/mol. The van der Waals surface area contributed by atoms with Crippen molar-refractivity contribution in [3.63, 3.8) is 0 Å². The topological polar surface area (TPSA) is 39.6 Å². The number of benzene rings is 1. The van der Waals surface area contributed by atoms with Gasteiger partial charge in [-0.05, 0) is 26.0 Å². The van der Waals surface area contributed by atoms with E-state index in [1.807, 2.05) is 18.2 Å². The quantitative estimate of drug-likeness (QED) is 0.939. The predicted molar refractivity (Wildman–Crippen MR) is 86.6 cm³/mol. The Morgan fingerprint density at radius 1 is 1.14 bits per heavy atom. The summed E-state index contributed by atoms with van der Waals surface area (Å²) in [6, 6.07) is 10.8. The van der Waals surface area contributed by atoms with Crippen molar-refractivity contribution in [1.29, 1.82) is 0 Å². The van der Waals surface area contributed by atoms with Crippen molar-refractivity contribution in [3.05, 3.63) is 36.0 Å². The van der Waals surface area contributed by atoms with E-state index in [9.17, 15) is 5.11 Å². The zero-order valence-corrected chi connectivity index (χ0v) is 12.8. The molecular formula is C17H23N3O. The van der Waals surface area contributed by atoms with E-state index in [1.165, 1.54) is 11.1 Å². The second kappa shape index (κ2) is 6.00. The van der Waals surface area contributed by atoms with Crippen LogP contribution in [0.5, 0.6) is 0 Å². The Hall–Kier alpha value is -1.65. The SMILES string of the molecule is CC(C)N1CCN(c2cc(CO)nc3ccccc23)CC1. The van der Waals surface area contributed by atoms with Gasteiger partial charge in [-0.3, -0.25) is 9.88 Å². The fraction of sp³-hybridized carbons (Fsp3) is 0.471. The van der Waals surface area contributed by atoms with Crippen LogP contribution in [0.3, 0.4) is 0 Å². The Kier molecular flexibility index (Phi) is 4.08. The summed E-state index contributed by atoms with van der Waals surface area (Å²) >= 11 is 0. The van der Waals surface area contributed by atoms with Crippen molar-refractivity contribution in [2.24, 2.45) is 0 Å². The molecule has 112 valence electrons. The summed E-state index contributed by atoms with van der Waals surface area (Å²) in [6.07, 6.45) is 0. The lowest BCUT2D eigenvalue weighted by Crippen LogP contribution is -2.49. The summed E-state index contributed by atoms with van der Waals surface area (Å²) in [5.74, 6) is 0. The van der Waals surface area contributed by atoms with Gasteiger partial charge < -0.3 is 10.0 Å². The number of piperazine rings is 1. The molecule has 0 radical (unpaired) electrons. The second-order valence-electron chi connectivity index (χ2n) is 5.92. The molecule has 0 saturated carbocycles. The number of aromatic nitrogens is 1. The highest BCUT2D eigenvalue weighted by atomic mass is 16.3. The van der Waals surface area contributed by atoms with Gasteiger partial charge in [-0.25, -0.2) is 0 Å². The molecule has 1 aliphatic heterocycles. The molecule has 0 atom stereocenters. The highest BCUT2D eigenvalue weighted by molar-refractivity contribution is 5.92. The average molecular weight is 285 g/mol. The van der Waals surface area contributed by atoms with Gasteiger partial charge in [0, 0.05) is 43.3 Å². The molecule has 3 rings (SSSR count). The number of fused-ring (bicyclic) bond motifs is 1. The number of para-hydroxylation sites is 1. The van der Waals surface area contributed by atoms with Crippen molar-refractivity contribution in [3.8, 4) is 0 Å². The molecule has 1 aromatic heterocycles. The lowest BCUT2D eigenvalue weighted by molar-refractivity contribution is 0.209. The van der Waals surface area contributed by atoms with Crippen LogP contribution in [0.4, 0.5) is 5.69 Å². The van der Waals surface area contributed by atoms with Crippen LogP contribution in [0.2, 0.25) is 0 Å². The van der Waals surface area contributed by atoms with Crippen LogP contribution in [-0.4, -0.2) is 47.2 Å². The summed E-state index contributed by atoms with van der Waals surface area (Å²) in [7, 11) is 0. The summed E-state index contributed by atoms with van der Waals surface area (Å²) in [4.78, 5) is 9.43. The first-order chi connectivity index (χ1) is 10.2. The van der Waals surface area contributed by atoms with E-state index in [2.05, 4.69) is 40.8 Å². The highest BCUT2D eigenvalue weighted by Gasteiger charge is 2.20. The van der Waals surface area contributed by atoms with E-state index in [1.54, 1.807) is 0 Å². The first-order valence-corrected chi connectivity index (χ1v) is 7.67. The van der Waals surface area contributed by atoms with E-state index in [0.717, 1.165) is 37.4 Å². The van der Waals surface area contributed by atoms with Gasteiger partial charge in [0.05, 0.1) is 17.8 Å². The fourth-order valence-electron chi connectivity index (χ4n) is 3.03. The Morgan fingerprint density at radius 2 is 1.86 bits per heavy atom.